The molecule has 0 spiro atoms. The predicted octanol–water partition coefficient (Wildman–Crippen LogP) is 1.47. The minimum Gasteiger partial charge on any atom is -0.480 e. The molecule has 0 aromatic carbocycles. The van der Waals surface area contributed by atoms with Gasteiger partial charge in [-0.05, 0) is 54.0 Å². The number of carboxylic acid groups (broad SMARTS) is 1. The fourth-order valence-electron chi connectivity index (χ4n) is 3.96. The zero-order valence-corrected chi connectivity index (χ0v) is 13.3. The Hall–Kier alpha value is -0.650. The Balaban J connectivity index is 2.11. The van der Waals surface area contributed by atoms with Gasteiger partial charge in [0.05, 0.1) is 11.2 Å². The van der Waals surface area contributed by atoms with Gasteiger partial charge in [-0.3, -0.25) is 9.69 Å². The average molecular weight is 284 g/mol. The number of ether oxygens (including phenoxy) is 1. The second-order valence-corrected chi connectivity index (χ2v) is 7.56. The van der Waals surface area contributed by atoms with Crippen molar-refractivity contribution in [3.63, 3.8) is 0 Å². The summed E-state index contributed by atoms with van der Waals surface area (Å²) in [4.78, 5) is 14.0. The minimum absolute atomic E-state index is 0.185. The lowest BCUT2D eigenvalue weighted by Crippen LogP contribution is -2.60. The smallest absolute Gasteiger partial charge is 0.323 e. The van der Waals surface area contributed by atoms with Gasteiger partial charge in [-0.15, -0.1) is 0 Å². The lowest BCUT2D eigenvalue weighted by Gasteiger charge is -2.49. The van der Waals surface area contributed by atoms with E-state index >= 15 is 0 Å². The van der Waals surface area contributed by atoms with E-state index in [9.17, 15) is 9.90 Å². The first-order valence-electron chi connectivity index (χ1n) is 7.46. The van der Waals surface area contributed by atoms with Crippen molar-refractivity contribution in [2.45, 2.75) is 69.7 Å². The normalized spacial score (nSPS) is 37.0. The monoisotopic (exact) mass is 284 g/mol. The average Bonchev–Trinajstić information content (AvgIpc) is 2.70. The molecule has 2 N–H and O–H groups in total. The van der Waals surface area contributed by atoms with Crippen molar-refractivity contribution in [3.8, 4) is 0 Å². The number of morpholine rings is 1. The second-order valence-electron chi connectivity index (χ2n) is 7.56. The maximum absolute atomic E-state index is 11.5. The van der Waals surface area contributed by atoms with E-state index in [0.29, 0.717) is 18.9 Å². The summed E-state index contributed by atoms with van der Waals surface area (Å²) in [5.41, 5.74) is -1.12. The number of hydrogen-bond acceptors (Lipinski definition) is 4. The lowest BCUT2D eigenvalue weighted by atomic mass is 9.95. The largest absolute Gasteiger partial charge is 0.480 e. The Kier molecular flexibility index (Phi) is 3.91. The number of nitrogens with zero attached hydrogens (tertiary/aromatic N) is 1. The molecule has 0 radical (unpaired) electrons. The molecule has 5 heteroatoms. The minimum atomic E-state index is -0.753. The van der Waals surface area contributed by atoms with E-state index in [1.54, 1.807) is 7.05 Å². The van der Waals surface area contributed by atoms with Gasteiger partial charge in [0.15, 0.2) is 0 Å². The summed E-state index contributed by atoms with van der Waals surface area (Å²) in [5.74, 6) is -0.728. The Labute approximate surface area is 121 Å². The first-order chi connectivity index (χ1) is 9.09. The molecule has 2 aliphatic rings. The van der Waals surface area contributed by atoms with E-state index < -0.39 is 11.5 Å². The fourth-order valence-corrected chi connectivity index (χ4v) is 3.96. The molecule has 2 unspecified atom stereocenters. The number of carbonyl (C=O) groups is 1. The number of likely N-dealkylation sites (N-methyl/N-ethyl adjacent to an activating group) is 1. The first kappa shape index (κ1) is 15.7. The van der Waals surface area contributed by atoms with Crippen molar-refractivity contribution in [3.05, 3.63) is 0 Å². The Bertz CT molecular complexity index is 379. The van der Waals surface area contributed by atoms with Gasteiger partial charge in [-0.2, -0.15) is 0 Å². The van der Waals surface area contributed by atoms with Gasteiger partial charge in [-0.1, -0.05) is 0 Å². The van der Waals surface area contributed by atoms with Crippen molar-refractivity contribution in [1.82, 2.24) is 10.2 Å². The Morgan fingerprint density at radius 1 is 1.25 bits per heavy atom. The van der Waals surface area contributed by atoms with Gasteiger partial charge in [0.1, 0.15) is 5.54 Å². The highest BCUT2D eigenvalue weighted by Gasteiger charge is 2.49. The molecule has 2 fully saturated rings. The molecule has 1 aliphatic heterocycles. The predicted molar refractivity (Wildman–Crippen MR) is 77.9 cm³/mol. The van der Waals surface area contributed by atoms with E-state index in [4.69, 9.17) is 4.74 Å². The number of hydrogen-bond donors (Lipinski definition) is 2. The van der Waals surface area contributed by atoms with Crippen molar-refractivity contribution >= 4 is 5.97 Å². The molecular weight excluding hydrogens is 256 g/mol. The third kappa shape index (κ3) is 3.00. The van der Waals surface area contributed by atoms with Crippen molar-refractivity contribution < 1.29 is 14.6 Å². The summed E-state index contributed by atoms with van der Waals surface area (Å²) in [5, 5.41) is 12.5. The van der Waals surface area contributed by atoms with Crippen molar-refractivity contribution in [2.24, 2.45) is 0 Å². The first-order valence-corrected chi connectivity index (χ1v) is 7.46. The fraction of sp³-hybridized carbons (Fsp3) is 0.933. The zero-order valence-electron chi connectivity index (χ0n) is 13.3. The highest BCUT2D eigenvalue weighted by molar-refractivity contribution is 5.79. The van der Waals surface area contributed by atoms with Gasteiger partial charge in [-0.25, -0.2) is 0 Å². The van der Waals surface area contributed by atoms with Crippen LogP contribution < -0.4 is 5.32 Å². The zero-order chi connectivity index (χ0) is 15.2. The molecular formula is C15H28N2O3. The highest BCUT2D eigenvalue weighted by Crippen LogP contribution is 2.37. The molecule has 0 aromatic rings. The van der Waals surface area contributed by atoms with Crippen LogP contribution in [-0.4, -0.2) is 58.9 Å². The summed E-state index contributed by atoms with van der Waals surface area (Å²) in [6.07, 6.45) is 2.30. The van der Waals surface area contributed by atoms with E-state index in [2.05, 4.69) is 37.9 Å². The summed E-state index contributed by atoms with van der Waals surface area (Å²) < 4.78 is 6.10. The van der Waals surface area contributed by atoms with Gasteiger partial charge in [0.2, 0.25) is 0 Å². The molecule has 1 saturated heterocycles. The van der Waals surface area contributed by atoms with E-state index in [-0.39, 0.29) is 11.2 Å². The maximum Gasteiger partial charge on any atom is 0.323 e. The molecule has 1 heterocycles. The summed E-state index contributed by atoms with van der Waals surface area (Å²) >= 11 is 0. The molecule has 1 saturated carbocycles. The summed E-state index contributed by atoms with van der Waals surface area (Å²) in [7, 11) is 1.75. The summed E-state index contributed by atoms with van der Waals surface area (Å²) in [6.45, 7) is 10.2. The van der Waals surface area contributed by atoms with Crippen LogP contribution in [0.1, 0.15) is 47.0 Å². The van der Waals surface area contributed by atoms with Crippen molar-refractivity contribution in [2.75, 3.05) is 20.1 Å². The maximum atomic E-state index is 11.5. The molecule has 0 aromatic heterocycles. The molecule has 5 nitrogen and oxygen atoms in total. The van der Waals surface area contributed by atoms with Crippen LogP contribution in [0.5, 0.6) is 0 Å². The van der Waals surface area contributed by atoms with Crippen LogP contribution in [0.25, 0.3) is 0 Å². The molecule has 1 aliphatic carbocycles. The number of aliphatic carboxylic acids is 1. The third-order valence-corrected chi connectivity index (χ3v) is 4.61. The van der Waals surface area contributed by atoms with Crippen LogP contribution in [0.3, 0.4) is 0 Å². The van der Waals surface area contributed by atoms with Gasteiger partial charge in [0.25, 0.3) is 0 Å². The number of rotatable bonds is 3. The molecule has 116 valence electrons. The third-order valence-electron chi connectivity index (χ3n) is 4.61. The SMILES string of the molecule is CNC1(C(=O)O)CCC(N2CC(C)(C)OC(C)(C)C2)C1. The van der Waals surface area contributed by atoms with Crippen LogP contribution >= 0.6 is 0 Å². The second kappa shape index (κ2) is 4.97. The topological polar surface area (TPSA) is 61.8 Å². The van der Waals surface area contributed by atoms with Crippen LogP contribution in [0.15, 0.2) is 0 Å². The van der Waals surface area contributed by atoms with Gasteiger partial charge in [0, 0.05) is 19.1 Å². The number of nitrogens with one attached hydrogen (secondary N) is 1. The van der Waals surface area contributed by atoms with E-state index in [1.807, 2.05) is 0 Å². The Morgan fingerprint density at radius 2 is 1.80 bits per heavy atom. The van der Waals surface area contributed by atoms with Gasteiger partial charge < -0.3 is 15.2 Å². The van der Waals surface area contributed by atoms with Crippen LogP contribution in [0, 0.1) is 0 Å². The van der Waals surface area contributed by atoms with E-state index in [0.717, 1.165) is 19.5 Å². The molecule has 2 rings (SSSR count). The van der Waals surface area contributed by atoms with Crippen LogP contribution in [-0.2, 0) is 9.53 Å². The standard InChI is InChI=1S/C15H28N2O3/c1-13(2)9-17(10-14(3,4)20-13)11-6-7-15(8-11,16-5)12(18)19/h11,16H,6-10H2,1-5H3,(H,18,19). The van der Waals surface area contributed by atoms with Gasteiger partial charge >= 0.3 is 5.97 Å². The summed E-state index contributed by atoms with van der Waals surface area (Å²) in [6, 6.07) is 0.320. The van der Waals surface area contributed by atoms with Crippen molar-refractivity contribution in [1.29, 1.82) is 0 Å². The molecule has 2 atom stereocenters. The van der Waals surface area contributed by atoms with Crippen LogP contribution in [0.2, 0.25) is 0 Å². The molecule has 0 amide bonds. The number of carboxylic acids is 1. The molecule has 0 bridgehead atoms. The highest BCUT2D eigenvalue weighted by atomic mass is 16.5. The lowest BCUT2D eigenvalue weighted by molar-refractivity contribution is -0.187. The van der Waals surface area contributed by atoms with E-state index in [1.165, 1.54) is 0 Å². The Morgan fingerprint density at radius 3 is 2.20 bits per heavy atom. The molecule has 20 heavy (non-hydrogen) atoms. The quantitative estimate of drug-likeness (QED) is 0.822. The van der Waals surface area contributed by atoms with Crippen LogP contribution in [0.4, 0.5) is 0 Å².